The van der Waals surface area contributed by atoms with Crippen LogP contribution in [0.5, 0.6) is 0 Å². The number of piperidine rings is 1. The largest absolute Gasteiger partial charge is 0.356 e. The lowest BCUT2D eigenvalue weighted by Crippen LogP contribution is -2.37. The molecule has 5 nitrogen and oxygen atoms in total. The van der Waals surface area contributed by atoms with Gasteiger partial charge in [0.15, 0.2) is 5.96 Å². The SMILES string of the molecule is CN=C(NCCc1nc(C)c(C)s1)NCc1ccc(CN2CCCC(C)C2)cc1.I. The van der Waals surface area contributed by atoms with Crippen molar-refractivity contribution < 1.29 is 0 Å². The van der Waals surface area contributed by atoms with Crippen LogP contribution in [0, 0.1) is 19.8 Å². The minimum absolute atomic E-state index is 0. The fourth-order valence-corrected chi connectivity index (χ4v) is 4.72. The number of rotatable bonds is 7. The zero-order valence-electron chi connectivity index (χ0n) is 18.7. The molecule has 0 amide bonds. The van der Waals surface area contributed by atoms with Crippen molar-refractivity contribution in [3.05, 3.63) is 51.0 Å². The molecule has 2 N–H and O–H groups in total. The highest BCUT2D eigenvalue weighted by molar-refractivity contribution is 14.0. The molecule has 2 aromatic rings. The maximum absolute atomic E-state index is 4.60. The van der Waals surface area contributed by atoms with Gasteiger partial charge >= 0.3 is 0 Å². The van der Waals surface area contributed by atoms with E-state index < -0.39 is 0 Å². The summed E-state index contributed by atoms with van der Waals surface area (Å²) in [6.45, 7) is 11.7. The van der Waals surface area contributed by atoms with Gasteiger partial charge in [-0.15, -0.1) is 35.3 Å². The van der Waals surface area contributed by atoms with Gasteiger partial charge in [-0.1, -0.05) is 31.2 Å². The summed E-state index contributed by atoms with van der Waals surface area (Å²) in [5.41, 5.74) is 3.82. The van der Waals surface area contributed by atoms with Gasteiger partial charge in [-0.2, -0.15) is 0 Å². The van der Waals surface area contributed by atoms with E-state index in [1.165, 1.54) is 46.9 Å². The second-order valence-electron chi connectivity index (χ2n) is 8.15. The van der Waals surface area contributed by atoms with Crippen LogP contribution in [0.4, 0.5) is 0 Å². The van der Waals surface area contributed by atoms with Crippen LogP contribution in [0.25, 0.3) is 0 Å². The highest BCUT2D eigenvalue weighted by Gasteiger charge is 2.16. The summed E-state index contributed by atoms with van der Waals surface area (Å²) in [5, 5.41) is 7.97. The van der Waals surface area contributed by atoms with Crippen molar-refractivity contribution in [1.29, 1.82) is 0 Å². The maximum Gasteiger partial charge on any atom is 0.191 e. The number of hydrogen-bond donors (Lipinski definition) is 2. The third-order valence-electron chi connectivity index (χ3n) is 5.56. The molecular formula is C23H36IN5S. The number of likely N-dealkylation sites (tertiary alicyclic amines) is 1. The van der Waals surface area contributed by atoms with Crippen molar-refractivity contribution in [2.75, 3.05) is 26.7 Å². The summed E-state index contributed by atoms with van der Waals surface area (Å²) < 4.78 is 0. The topological polar surface area (TPSA) is 52.6 Å². The molecule has 30 heavy (non-hydrogen) atoms. The first-order valence-electron chi connectivity index (χ1n) is 10.7. The molecule has 1 unspecified atom stereocenters. The first-order valence-corrected chi connectivity index (χ1v) is 11.5. The Hall–Kier alpha value is -1.19. The number of thiazole rings is 1. The van der Waals surface area contributed by atoms with Crippen LogP contribution in [0.15, 0.2) is 29.3 Å². The molecule has 3 rings (SSSR count). The van der Waals surface area contributed by atoms with E-state index >= 15 is 0 Å². The molecule has 1 aromatic carbocycles. The minimum atomic E-state index is 0. The van der Waals surface area contributed by atoms with Crippen LogP contribution in [0.3, 0.4) is 0 Å². The highest BCUT2D eigenvalue weighted by atomic mass is 127. The summed E-state index contributed by atoms with van der Waals surface area (Å²) >= 11 is 1.78. The number of nitrogens with zero attached hydrogens (tertiary/aromatic N) is 3. The highest BCUT2D eigenvalue weighted by Crippen LogP contribution is 2.18. The van der Waals surface area contributed by atoms with Gasteiger partial charge in [0, 0.05) is 44.5 Å². The summed E-state index contributed by atoms with van der Waals surface area (Å²) in [4.78, 5) is 12.8. The van der Waals surface area contributed by atoms with E-state index in [-0.39, 0.29) is 24.0 Å². The van der Waals surface area contributed by atoms with Gasteiger partial charge in [0.25, 0.3) is 0 Å². The molecule has 0 radical (unpaired) electrons. The zero-order chi connectivity index (χ0) is 20.6. The van der Waals surface area contributed by atoms with E-state index in [0.29, 0.717) is 0 Å². The van der Waals surface area contributed by atoms with Gasteiger partial charge in [-0.05, 0) is 50.3 Å². The van der Waals surface area contributed by atoms with Crippen LogP contribution in [-0.4, -0.2) is 42.5 Å². The number of halogens is 1. The molecule has 0 spiro atoms. The Kier molecular flexibility index (Phi) is 10.5. The van der Waals surface area contributed by atoms with Crippen molar-refractivity contribution in [1.82, 2.24) is 20.5 Å². The molecule has 0 bridgehead atoms. The van der Waals surface area contributed by atoms with Crippen molar-refractivity contribution in [3.63, 3.8) is 0 Å². The molecule has 7 heteroatoms. The second-order valence-corrected chi connectivity index (χ2v) is 9.44. The van der Waals surface area contributed by atoms with Gasteiger partial charge in [0.2, 0.25) is 0 Å². The molecule has 1 aliphatic heterocycles. The second kappa shape index (κ2) is 12.6. The van der Waals surface area contributed by atoms with Crippen LogP contribution in [0.2, 0.25) is 0 Å². The lowest BCUT2D eigenvalue weighted by Gasteiger charge is -2.30. The Morgan fingerprint density at radius 2 is 1.93 bits per heavy atom. The van der Waals surface area contributed by atoms with Crippen LogP contribution < -0.4 is 10.6 Å². The predicted molar refractivity (Wildman–Crippen MR) is 139 cm³/mol. The number of benzene rings is 1. The van der Waals surface area contributed by atoms with Crippen molar-refractivity contribution >= 4 is 41.3 Å². The van der Waals surface area contributed by atoms with Crippen LogP contribution in [0.1, 0.15) is 46.5 Å². The Bertz CT molecular complexity index is 783. The van der Waals surface area contributed by atoms with E-state index in [0.717, 1.165) is 43.6 Å². The van der Waals surface area contributed by atoms with Crippen LogP contribution in [-0.2, 0) is 19.5 Å². The molecule has 1 saturated heterocycles. The zero-order valence-corrected chi connectivity index (χ0v) is 21.8. The first kappa shape index (κ1) is 25.1. The first-order chi connectivity index (χ1) is 14.0. The average Bonchev–Trinajstić information content (AvgIpc) is 3.03. The molecule has 1 aromatic heterocycles. The molecular weight excluding hydrogens is 505 g/mol. The molecule has 0 aliphatic carbocycles. The van der Waals surface area contributed by atoms with E-state index in [1.807, 2.05) is 7.05 Å². The summed E-state index contributed by atoms with van der Waals surface area (Å²) in [5.74, 6) is 1.66. The van der Waals surface area contributed by atoms with Gasteiger partial charge in [-0.3, -0.25) is 9.89 Å². The van der Waals surface area contributed by atoms with Crippen molar-refractivity contribution in [3.8, 4) is 0 Å². The van der Waals surface area contributed by atoms with Gasteiger partial charge < -0.3 is 10.6 Å². The molecule has 0 saturated carbocycles. The summed E-state index contributed by atoms with van der Waals surface area (Å²) in [6, 6.07) is 8.98. The Morgan fingerprint density at radius 1 is 1.20 bits per heavy atom. The number of nitrogens with one attached hydrogen (secondary N) is 2. The number of aromatic nitrogens is 1. The number of hydrogen-bond acceptors (Lipinski definition) is 4. The third kappa shape index (κ3) is 7.81. The molecule has 1 aliphatic rings. The Labute approximate surface area is 202 Å². The lowest BCUT2D eigenvalue weighted by atomic mass is 9.99. The van der Waals surface area contributed by atoms with Gasteiger partial charge in [-0.25, -0.2) is 4.98 Å². The lowest BCUT2D eigenvalue weighted by molar-refractivity contribution is 0.176. The minimum Gasteiger partial charge on any atom is -0.356 e. The smallest absolute Gasteiger partial charge is 0.191 e. The Morgan fingerprint density at radius 3 is 2.57 bits per heavy atom. The normalized spacial score (nSPS) is 17.5. The van der Waals surface area contributed by atoms with E-state index in [1.54, 1.807) is 11.3 Å². The number of guanidine groups is 1. The van der Waals surface area contributed by atoms with Gasteiger partial charge in [0.05, 0.1) is 10.7 Å². The van der Waals surface area contributed by atoms with Crippen LogP contribution >= 0.6 is 35.3 Å². The average molecular weight is 542 g/mol. The molecule has 1 fully saturated rings. The molecule has 166 valence electrons. The van der Waals surface area contributed by atoms with E-state index in [9.17, 15) is 0 Å². The van der Waals surface area contributed by atoms with Gasteiger partial charge in [0.1, 0.15) is 0 Å². The molecule has 2 heterocycles. The van der Waals surface area contributed by atoms with Crippen molar-refractivity contribution in [2.45, 2.75) is 53.1 Å². The predicted octanol–water partition coefficient (Wildman–Crippen LogP) is 4.52. The maximum atomic E-state index is 4.60. The fraction of sp³-hybridized carbons (Fsp3) is 0.565. The summed E-state index contributed by atoms with van der Waals surface area (Å²) in [7, 11) is 1.82. The van der Waals surface area contributed by atoms with E-state index in [2.05, 4.69) is 70.5 Å². The fourth-order valence-electron chi connectivity index (χ4n) is 3.79. The summed E-state index contributed by atoms with van der Waals surface area (Å²) in [6.07, 6.45) is 3.63. The Balaban J connectivity index is 0.00000320. The number of aliphatic imine (C=N–C) groups is 1. The molecule has 1 atom stereocenters. The number of aryl methyl sites for hydroxylation is 2. The standard InChI is InChI=1S/C23H35N5S.HI/c1-17-6-5-13-28(15-17)16-21-9-7-20(8-10-21)14-26-23(24-4)25-12-11-22-27-18(2)19(3)29-22;/h7-10,17H,5-6,11-16H2,1-4H3,(H2,24,25,26);1H. The van der Waals surface area contributed by atoms with Crippen molar-refractivity contribution in [2.24, 2.45) is 10.9 Å². The monoisotopic (exact) mass is 541 g/mol. The third-order valence-corrected chi connectivity index (χ3v) is 6.69. The van der Waals surface area contributed by atoms with E-state index in [4.69, 9.17) is 0 Å². The quantitative estimate of drug-likeness (QED) is 0.308.